The van der Waals surface area contributed by atoms with E-state index in [-0.39, 0.29) is 12.7 Å². The van der Waals surface area contributed by atoms with Crippen LogP contribution in [0.1, 0.15) is 32.9 Å². The van der Waals surface area contributed by atoms with Gasteiger partial charge in [-0.05, 0) is 61.9 Å². The molecule has 2 aromatic carbocycles. The number of carbonyl (C=O) groups is 1. The summed E-state index contributed by atoms with van der Waals surface area (Å²) in [4.78, 5) is 15.3. The minimum Gasteiger partial charge on any atom is -0.454 e. The van der Waals surface area contributed by atoms with E-state index in [1.165, 1.54) is 5.56 Å². The van der Waals surface area contributed by atoms with Crippen molar-refractivity contribution in [2.45, 2.75) is 26.9 Å². The van der Waals surface area contributed by atoms with Gasteiger partial charge in [-0.15, -0.1) is 0 Å². The minimum atomic E-state index is -0.117. The number of benzene rings is 2. The molecule has 1 N–H and O–H groups in total. The van der Waals surface area contributed by atoms with Crippen LogP contribution in [-0.4, -0.2) is 42.1 Å². The third-order valence-corrected chi connectivity index (χ3v) is 6.92. The average Bonchev–Trinajstić information content (AvgIpc) is 3.70. The van der Waals surface area contributed by atoms with Gasteiger partial charge < -0.3 is 18.9 Å². The van der Waals surface area contributed by atoms with Gasteiger partial charge in [-0.1, -0.05) is 17.7 Å². The number of H-pyrrole nitrogens is 1. The summed E-state index contributed by atoms with van der Waals surface area (Å²) in [6, 6.07) is 17.8. The van der Waals surface area contributed by atoms with Crippen molar-refractivity contribution in [2.24, 2.45) is 0 Å². The highest BCUT2D eigenvalue weighted by Crippen LogP contribution is 2.36. The van der Waals surface area contributed by atoms with Crippen molar-refractivity contribution in [1.29, 1.82) is 0 Å². The highest BCUT2D eigenvalue weighted by Gasteiger charge is 2.33. The molecule has 7 rings (SSSR count). The highest BCUT2D eigenvalue weighted by molar-refractivity contribution is 5.93. The Balaban J connectivity index is 1.19. The molecule has 5 aromatic rings. The van der Waals surface area contributed by atoms with E-state index < -0.39 is 0 Å². The van der Waals surface area contributed by atoms with Gasteiger partial charge >= 0.3 is 0 Å². The van der Waals surface area contributed by atoms with Gasteiger partial charge in [0.05, 0.1) is 30.2 Å². The predicted molar refractivity (Wildman–Crippen MR) is 136 cm³/mol. The van der Waals surface area contributed by atoms with Gasteiger partial charge in [0.2, 0.25) is 6.79 Å². The van der Waals surface area contributed by atoms with Crippen molar-refractivity contribution in [1.82, 2.24) is 29.4 Å². The minimum absolute atomic E-state index is 0.117. The normalized spacial score (nSPS) is 13.8. The van der Waals surface area contributed by atoms with E-state index in [1.54, 1.807) is 11.0 Å². The summed E-state index contributed by atoms with van der Waals surface area (Å²) in [7, 11) is 0. The third kappa shape index (κ3) is 3.50. The van der Waals surface area contributed by atoms with E-state index in [9.17, 15) is 4.79 Å². The Morgan fingerprint density at radius 1 is 0.973 bits per heavy atom. The number of hydrogen-bond acceptors (Lipinski definition) is 5. The summed E-state index contributed by atoms with van der Waals surface area (Å²) in [5.74, 6) is 2.22. The van der Waals surface area contributed by atoms with Crippen LogP contribution in [0, 0.1) is 13.8 Å². The van der Waals surface area contributed by atoms with E-state index in [2.05, 4.69) is 46.8 Å². The molecule has 0 atom stereocenters. The summed E-state index contributed by atoms with van der Waals surface area (Å²) in [6.45, 7) is 5.29. The smallest absolute Gasteiger partial charge is 0.272 e. The highest BCUT2D eigenvalue weighted by atomic mass is 16.7. The lowest BCUT2D eigenvalue weighted by Crippen LogP contribution is -2.26. The first kappa shape index (κ1) is 21.5. The number of nitrogens with one attached hydrogen (secondary N) is 1. The van der Waals surface area contributed by atoms with Crippen LogP contribution in [0.15, 0.2) is 67.0 Å². The van der Waals surface area contributed by atoms with Crippen LogP contribution in [0.4, 0.5) is 0 Å². The number of rotatable bonds is 4. The van der Waals surface area contributed by atoms with Crippen LogP contribution in [0.2, 0.25) is 0 Å². The van der Waals surface area contributed by atoms with Crippen molar-refractivity contribution in [3.8, 4) is 34.3 Å². The lowest BCUT2D eigenvalue weighted by molar-refractivity contribution is 0.0743. The Hall–Kier alpha value is -4.79. The van der Waals surface area contributed by atoms with E-state index in [4.69, 9.17) is 14.6 Å². The summed E-state index contributed by atoms with van der Waals surface area (Å²) < 4.78 is 14.9. The molecule has 0 radical (unpaired) electrons. The quantitative estimate of drug-likeness (QED) is 0.397. The van der Waals surface area contributed by atoms with E-state index in [1.807, 2.05) is 47.4 Å². The number of carbonyl (C=O) groups excluding carboxylic acids is 1. The molecular weight excluding hydrogens is 468 g/mol. The van der Waals surface area contributed by atoms with Gasteiger partial charge in [0.25, 0.3) is 5.91 Å². The first-order valence-electron chi connectivity index (χ1n) is 12.1. The van der Waals surface area contributed by atoms with Crippen LogP contribution in [0.3, 0.4) is 0 Å². The van der Waals surface area contributed by atoms with Gasteiger partial charge in [0, 0.05) is 23.5 Å². The largest absolute Gasteiger partial charge is 0.454 e. The number of aromatic nitrogens is 5. The molecular formula is C28H24N6O3. The van der Waals surface area contributed by atoms with Crippen molar-refractivity contribution in [3.63, 3.8) is 0 Å². The average molecular weight is 493 g/mol. The Morgan fingerprint density at radius 3 is 2.65 bits per heavy atom. The third-order valence-electron chi connectivity index (χ3n) is 6.92. The molecule has 0 saturated carbocycles. The van der Waals surface area contributed by atoms with Crippen LogP contribution in [0.25, 0.3) is 22.8 Å². The Kier molecular flexibility index (Phi) is 4.72. The van der Waals surface area contributed by atoms with Crippen LogP contribution in [0.5, 0.6) is 11.5 Å². The molecule has 0 fully saturated rings. The fourth-order valence-corrected chi connectivity index (χ4v) is 5.10. The molecule has 9 nitrogen and oxygen atoms in total. The molecule has 9 heteroatoms. The zero-order chi connectivity index (χ0) is 25.1. The number of hydrogen-bond donors (Lipinski definition) is 1. The summed E-state index contributed by atoms with van der Waals surface area (Å²) in [5.41, 5.74) is 7.28. The molecule has 5 heterocycles. The lowest BCUT2D eigenvalue weighted by Gasteiger charge is -2.17. The molecule has 0 bridgehead atoms. The van der Waals surface area contributed by atoms with E-state index in [0.29, 0.717) is 36.0 Å². The van der Waals surface area contributed by atoms with E-state index >= 15 is 0 Å². The summed E-state index contributed by atoms with van der Waals surface area (Å²) in [6.07, 6.45) is 4.02. The molecule has 1 amide bonds. The maximum atomic E-state index is 13.5. The molecule has 0 saturated heterocycles. The molecule has 2 aliphatic heterocycles. The van der Waals surface area contributed by atoms with Gasteiger partial charge in [-0.3, -0.25) is 9.89 Å². The van der Waals surface area contributed by atoms with Gasteiger partial charge in [0.1, 0.15) is 11.5 Å². The van der Waals surface area contributed by atoms with Crippen molar-refractivity contribution in [3.05, 3.63) is 95.1 Å². The molecule has 0 aliphatic carbocycles. The molecule has 3 aromatic heterocycles. The standard InChI is InChI=1S/C28H24N6O3/c1-17-5-7-24(18(2)11-17)34-27(32-9-3-4-10-32)20-14-33(15-23(20)31-34)28(35)22-13-21(29-30-22)19-6-8-25-26(12-19)37-16-36-25/h3-13H,14-16H2,1-2H3,(H,29,30). The van der Waals surface area contributed by atoms with Crippen molar-refractivity contribution >= 4 is 5.91 Å². The first-order valence-corrected chi connectivity index (χ1v) is 12.1. The topological polar surface area (TPSA) is 90.2 Å². The van der Waals surface area contributed by atoms with Crippen LogP contribution < -0.4 is 9.47 Å². The monoisotopic (exact) mass is 492 g/mol. The molecule has 2 aliphatic rings. The zero-order valence-corrected chi connectivity index (χ0v) is 20.4. The van der Waals surface area contributed by atoms with Crippen LogP contribution in [-0.2, 0) is 13.1 Å². The molecule has 37 heavy (non-hydrogen) atoms. The second kappa shape index (κ2) is 8.12. The van der Waals surface area contributed by atoms with Crippen molar-refractivity contribution in [2.75, 3.05) is 6.79 Å². The number of nitrogens with zero attached hydrogens (tertiary/aromatic N) is 5. The number of aromatic amines is 1. The maximum absolute atomic E-state index is 13.5. The molecule has 184 valence electrons. The van der Waals surface area contributed by atoms with Gasteiger partial charge in [0.15, 0.2) is 11.5 Å². The van der Waals surface area contributed by atoms with Crippen LogP contribution >= 0.6 is 0 Å². The summed E-state index contributed by atoms with van der Waals surface area (Å²) >= 11 is 0. The Labute approximate surface area is 212 Å². The Bertz CT molecular complexity index is 1660. The Morgan fingerprint density at radius 2 is 1.81 bits per heavy atom. The molecule has 0 spiro atoms. The second-order valence-corrected chi connectivity index (χ2v) is 9.44. The lowest BCUT2D eigenvalue weighted by atomic mass is 10.1. The van der Waals surface area contributed by atoms with Crippen molar-refractivity contribution < 1.29 is 14.3 Å². The van der Waals surface area contributed by atoms with E-state index in [0.717, 1.165) is 33.9 Å². The number of aryl methyl sites for hydroxylation is 2. The number of amides is 1. The maximum Gasteiger partial charge on any atom is 0.272 e. The number of fused-ring (bicyclic) bond motifs is 2. The fourth-order valence-electron chi connectivity index (χ4n) is 5.10. The second-order valence-electron chi connectivity index (χ2n) is 9.44. The first-order chi connectivity index (χ1) is 18.0. The fraction of sp³-hybridized carbons (Fsp3) is 0.179. The zero-order valence-electron chi connectivity index (χ0n) is 20.4. The predicted octanol–water partition coefficient (Wildman–Crippen LogP) is 4.55. The van der Waals surface area contributed by atoms with Gasteiger partial charge in [-0.2, -0.15) is 10.2 Å². The van der Waals surface area contributed by atoms with Gasteiger partial charge in [-0.25, -0.2) is 4.68 Å². The SMILES string of the molecule is Cc1ccc(-n2nc3c(c2-n2cccc2)CN(C(=O)c2cc(-c4ccc5c(c4)OCO5)n[nH]2)C3)c(C)c1. The summed E-state index contributed by atoms with van der Waals surface area (Å²) in [5, 5.41) is 12.3. The number of ether oxygens (including phenoxy) is 2. The molecule has 0 unspecified atom stereocenters.